The molecule has 9 heteroatoms. The zero-order valence-electron chi connectivity index (χ0n) is 14.4. The van der Waals surface area contributed by atoms with Crippen molar-refractivity contribution in [3.8, 4) is 5.69 Å². The first-order valence-electron chi connectivity index (χ1n) is 8.85. The molecule has 0 spiro atoms. The van der Waals surface area contributed by atoms with Gasteiger partial charge in [0.05, 0.1) is 12.2 Å². The third-order valence-corrected chi connectivity index (χ3v) is 4.96. The molecule has 2 aliphatic heterocycles. The zero-order valence-corrected chi connectivity index (χ0v) is 14.4. The fraction of sp³-hybridized carbons (Fsp3) is 0.471. The molecule has 0 saturated carbocycles. The Morgan fingerprint density at radius 1 is 1.27 bits per heavy atom. The summed E-state index contributed by atoms with van der Waals surface area (Å²) in [7, 11) is 0. The Morgan fingerprint density at radius 3 is 3.00 bits per heavy atom. The summed E-state index contributed by atoms with van der Waals surface area (Å²) in [5.74, 6) is 0.100. The number of aromatic nitrogens is 4. The lowest BCUT2D eigenvalue weighted by molar-refractivity contribution is -0.135. The molecule has 1 aromatic heterocycles. The van der Waals surface area contributed by atoms with E-state index in [0.717, 1.165) is 25.1 Å². The van der Waals surface area contributed by atoms with Crippen LogP contribution in [0.1, 0.15) is 23.2 Å². The molecule has 0 radical (unpaired) electrons. The van der Waals surface area contributed by atoms with Gasteiger partial charge in [0.2, 0.25) is 5.91 Å². The van der Waals surface area contributed by atoms with E-state index in [1.807, 2.05) is 21.9 Å². The van der Waals surface area contributed by atoms with Crippen molar-refractivity contribution in [1.82, 2.24) is 35.3 Å². The number of carbonyl (C=O) groups is 2. The number of tetrazole rings is 1. The number of likely N-dealkylation sites (tertiary alicyclic amines) is 1. The molecule has 9 nitrogen and oxygen atoms in total. The molecule has 26 heavy (non-hydrogen) atoms. The number of carbonyl (C=O) groups excluding carboxylic acids is 2. The second-order valence-electron chi connectivity index (χ2n) is 6.62. The Morgan fingerprint density at radius 2 is 2.19 bits per heavy atom. The predicted octanol–water partition coefficient (Wildman–Crippen LogP) is -0.301. The molecule has 1 N–H and O–H groups in total. The van der Waals surface area contributed by atoms with Gasteiger partial charge in [-0.15, -0.1) is 5.10 Å². The molecule has 1 aromatic carbocycles. The number of nitrogens with zero attached hydrogens (tertiary/aromatic N) is 6. The molecule has 2 fully saturated rings. The minimum absolute atomic E-state index is 0.0211. The van der Waals surface area contributed by atoms with E-state index in [0.29, 0.717) is 31.7 Å². The molecule has 1 atom stereocenters. The number of nitrogens with one attached hydrogen (secondary N) is 1. The summed E-state index contributed by atoms with van der Waals surface area (Å²) in [6, 6.07) is 7.37. The Bertz CT molecular complexity index is 792. The molecule has 3 heterocycles. The molecule has 2 aliphatic rings. The van der Waals surface area contributed by atoms with Gasteiger partial charge in [0.15, 0.2) is 0 Å². The third-order valence-electron chi connectivity index (χ3n) is 4.96. The lowest BCUT2D eigenvalue weighted by Crippen LogP contribution is -2.57. The van der Waals surface area contributed by atoms with Crippen LogP contribution in [0.3, 0.4) is 0 Å². The standard InChI is InChI=1S/C17H21N7O2/c25-16-10-18-6-8-23(16)15-5-2-7-22(11-15)17(26)13-3-1-4-14(9-13)24-12-19-20-21-24/h1,3-4,9,12,15,18H,2,5-8,10-11H2. The van der Waals surface area contributed by atoms with Crippen LogP contribution >= 0.6 is 0 Å². The van der Waals surface area contributed by atoms with Crippen molar-refractivity contribution >= 4 is 11.8 Å². The summed E-state index contributed by atoms with van der Waals surface area (Å²) in [6.45, 7) is 3.20. The van der Waals surface area contributed by atoms with Crippen LogP contribution in [0.25, 0.3) is 5.69 Å². The van der Waals surface area contributed by atoms with E-state index in [9.17, 15) is 9.59 Å². The van der Waals surface area contributed by atoms with E-state index in [1.54, 1.807) is 12.1 Å². The average molecular weight is 355 g/mol. The quantitative estimate of drug-likeness (QED) is 0.812. The van der Waals surface area contributed by atoms with Gasteiger partial charge in [-0.1, -0.05) is 6.07 Å². The highest BCUT2D eigenvalue weighted by Gasteiger charge is 2.31. The van der Waals surface area contributed by atoms with Crippen LogP contribution in [-0.2, 0) is 4.79 Å². The first-order valence-corrected chi connectivity index (χ1v) is 8.85. The number of hydrogen-bond donors (Lipinski definition) is 1. The Kier molecular flexibility index (Phi) is 4.61. The maximum atomic E-state index is 13.0. The van der Waals surface area contributed by atoms with Gasteiger partial charge in [-0.2, -0.15) is 0 Å². The van der Waals surface area contributed by atoms with Crippen LogP contribution in [0.5, 0.6) is 0 Å². The van der Waals surface area contributed by atoms with Crippen molar-refractivity contribution in [2.24, 2.45) is 0 Å². The average Bonchev–Trinajstić information content (AvgIpc) is 3.23. The Labute approximate surface area is 151 Å². The van der Waals surface area contributed by atoms with Gasteiger partial charge in [-0.05, 0) is 41.5 Å². The van der Waals surface area contributed by atoms with Crippen LogP contribution in [0.2, 0.25) is 0 Å². The fourth-order valence-corrected chi connectivity index (χ4v) is 3.64. The summed E-state index contributed by atoms with van der Waals surface area (Å²) in [5, 5.41) is 14.2. The van der Waals surface area contributed by atoms with Crippen molar-refractivity contribution < 1.29 is 9.59 Å². The first kappa shape index (κ1) is 16.6. The van der Waals surface area contributed by atoms with Crippen LogP contribution in [0.15, 0.2) is 30.6 Å². The SMILES string of the molecule is O=C(c1cccc(-n2cnnn2)c1)N1CCCC(N2CCNCC2=O)C1. The highest BCUT2D eigenvalue weighted by Crippen LogP contribution is 2.20. The number of benzene rings is 1. The Balaban J connectivity index is 1.49. The molecule has 0 bridgehead atoms. The van der Waals surface area contributed by atoms with Crippen molar-refractivity contribution in [2.75, 3.05) is 32.7 Å². The van der Waals surface area contributed by atoms with Gasteiger partial charge in [0.1, 0.15) is 6.33 Å². The highest BCUT2D eigenvalue weighted by molar-refractivity contribution is 5.95. The summed E-state index contributed by atoms with van der Waals surface area (Å²) in [4.78, 5) is 28.9. The van der Waals surface area contributed by atoms with Gasteiger partial charge in [0, 0.05) is 37.8 Å². The van der Waals surface area contributed by atoms with Crippen molar-refractivity contribution in [3.63, 3.8) is 0 Å². The molecular formula is C17H21N7O2. The van der Waals surface area contributed by atoms with E-state index >= 15 is 0 Å². The summed E-state index contributed by atoms with van der Waals surface area (Å²) >= 11 is 0. The van der Waals surface area contributed by atoms with Gasteiger partial charge in [0.25, 0.3) is 5.91 Å². The minimum Gasteiger partial charge on any atom is -0.337 e. The topological polar surface area (TPSA) is 96.2 Å². The van der Waals surface area contributed by atoms with Crippen LogP contribution in [-0.4, -0.2) is 80.6 Å². The maximum Gasteiger partial charge on any atom is 0.254 e. The van der Waals surface area contributed by atoms with Gasteiger partial charge in [-0.25, -0.2) is 4.68 Å². The monoisotopic (exact) mass is 355 g/mol. The van der Waals surface area contributed by atoms with Crippen LogP contribution < -0.4 is 5.32 Å². The number of rotatable bonds is 3. The van der Waals surface area contributed by atoms with Crippen molar-refractivity contribution in [2.45, 2.75) is 18.9 Å². The third kappa shape index (κ3) is 3.30. The van der Waals surface area contributed by atoms with E-state index in [-0.39, 0.29) is 17.9 Å². The number of piperazine rings is 1. The number of amides is 2. The molecule has 1 unspecified atom stereocenters. The summed E-state index contributed by atoms with van der Waals surface area (Å²) < 4.78 is 1.52. The largest absolute Gasteiger partial charge is 0.337 e. The lowest BCUT2D eigenvalue weighted by Gasteiger charge is -2.41. The second kappa shape index (κ2) is 7.20. The van der Waals surface area contributed by atoms with Gasteiger partial charge < -0.3 is 15.1 Å². The van der Waals surface area contributed by atoms with E-state index in [4.69, 9.17) is 0 Å². The number of piperidine rings is 1. The highest BCUT2D eigenvalue weighted by atomic mass is 16.2. The molecule has 0 aliphatic carbocycles. The molecule has 136 valence electrons. The van der Waals surface area contributed by atoms with Gasteiger partial charge in [-0.3, -0.25) is 9.59 Å². The number of hydrogen-bond acceptors (Lipinski definition) is 6. The van der Waals surface area contributed by atoms with Crippen molar-refractivity contribution in [1.29, 1.82) is 0 Å². The van der Waals surface area contributed by atoms with Crippen LogP contribution in [0, 0.1) is 0 Å². The second-order valence-corrected chi connectivity index (χ2v) is 6.62. The molecule has 2 saturated heterocycles. The minimum atomic E-state index is -0.0211. The van der Waals surface area contributed by atoms with Crippen molar-refractivity contribution in [3.05, 3.63) is 36.2 Å². The van der Waals surface area contributed by atoms with Crippen LogP contribution in [0.4, 0.5) is 0 Å². The van der Waals surface area contributed by atoms with Gasteiger partial charge >= 0.3 is 0 Å². The van der Waals surface area contributed by atoms with E-state index in [1.165, 1.54) is 11.0 Å². The molecule has 4 rings (SSSR count). The molecule has 2 amide bonds. The van der Waals surface area contributed by atoms with E-state index < -0.39 is 0 Å². The van der Waals surface area contributed by atoms with E-state index in [2.05, 4.69) is 20.8 Å². The maximum absolute atomic E-state index is 13.0. The Hall–Kier alpha value is -2.81. The smallest absolute Gasteiger partial charge is 0.254 e. The predicted molar refractivity (Wildman–Crippen MR) is 92.7 cm³/mol. The molecule has 2 aromatic rings. The summed E-state index contributed by atoms with van der Waals surface area (Å²) in [5.41, 5.74) is 1.34. The molecular weight excluding hydrogens is 334 g/mol. The lowest BCUT2D eigenvalue weighted by atomic mass is 10.0. The zero-order chi connectivity index (χ0) is 17.9. The summed E-state index contributed by atoms with van der Waals surface area (Å²) in [6.07, 6.45) is 3.34. The fourth-order valence-electron chi connectivity index (χ4n) is 3.64. The first-order chi connectivity index (χ1) is 12.7. The normalized spacial score (nSPS) is 21.1.